The molecule has 2 aliphatic rings. The van der Waals surface area contributed by atoms with Crippen LogP contribution in [0.1, 0.15) is 35.2 Å². The quantitative estimate of drug-likeness (QED) is 0.821. The molecule has 1 aliphatic heterocycles. The number of hydrogen-bond donors (Lipinski definition) is 2. The minimum absolute atomic E-state index is 0.0860. The van der Waals surface area contributed by atoms with E-state index in [-0.39, 0.29) is 17.6 Å². The molecule has 1 unspecified atom stereocenters. The summed E-state index contributed by atoms with van der Waals surface area (Å²) in [5, 5.41) is 12.1. The van der Waals surface area contributed by atoms with Crippen molar-refractivity contribution in [3.63, 3.8) is 0 Å². The Morgan fingerprint density at radius 2 is 2.14 bits per heavy atom. The monoisotopic (exact) mass is 286 g/mol. The predicted molar refractivity (Wildman–Crippen MR) is 79.8 cm³/mol. The summed E-state index contributed by atoms with van der Waals surface area (Å²) in [6, 6.07) is 5.05. The smallest absolute Gasteiger partial charge is 0.335 e. The summed E-state index contributed by atoms with van der Waals surface area (Å²) in [4.78, 5) is 25.1. The molecule has 110 valence electrons. The van der Waals surface area contributed by atoms with E-state index in [4.69, 9.17) is 5.11 Å². The number of nitrogens with zero attached hydrogens (tertiary/aromatic N) is 1. The van der Waals surface area contributed by atoms with E-state index in [9.17, 15) is 9.59 Å². The number of rotatable bonds is 2. The molecule has 0 fully saturated rings. The van der Waals surface area contributed by atoms with Gasteiger partial charge < -0.3 is 10.4 Å². The minimum Gasteiger partial charge on any atom is -0.478 e. The van der Waals surface area contributed by atoms with Crippen molar-refractivity contribution in [3.05, 3.63) is 41.5 Å². The zero-order valence-corrected chi connectivity index (χ0v) is 11.7. The molecule has 1 aromatic carbocycles. The van der Waals surface area contributed by atoms with E-state index in [1.54, 1.807) is 23.1 Å². The maximum atomic E-state index is 12.4. The molecule has 5 heteroatoms. The number of hydrogen-bond acceptors (Lipinski definition) is 2. The fourth-order valence-electron chi connectivity index (χ4n) is 2.92. The Kier molecular flexibility index (Phi) is 3.64. The van der Waals surface area contributed by atoms with Crippen LogP contribution < -0.4 is 10.2 Å². The van der Waals surface area contributed by atoms with Gasteiger partial charge in [-0.1, -0.05) is 12.2 Å². The first-order valence-corrected chi connectivity index (χ1v) is 7.24. The first kappa shape index (κ1) is 13.7. The van der Waals surface area contributed by atoms with Gasteiger partial charge in [-0.05, 0) is 49.4 Å². The van der Waals surface area contributed by atoms with Crippen LogP contribution in [0, 0.1) is 0 Å². The summed E-state index contributed by atoms with van der Waals surface area (Å²) in [6.07, 6.45) is 7.80. The van der Waals surface area contributed by atoms with E-state index in [2.05, 4.69) is 17.5 Å². The van der Waals surface area contributed by atoms with E-state index in [1.165, 1.54) is 0 Å². The third-order valence-electron chi connectivity index (χ3n) is 4.06. The normalized spacial score (nSPS) is 20.2. The number of carboxylic acids is 1. The van der Waals surface area contributed by atoms with Gasteiger partial charge in [0.1, 0.15) is 0 Å². The van der Waals surface area contributed by atoms with Crippen molar-refractivity contribution < 1.29 is 14.7 Å². The van der Waals surface area contributed by atoms with Gasteiger partial charge in [-0.15, -0.1) is 0 Å². The highest BCUT2D eigenvalue weighted by molar-refractivity contribution is 5.96. The Morgan fingerprint density at radius 3 is 2.86 bits per heavy atom. The van der Waals surface area contributed by atoms with Crippen LogP contribution in [0.25, 0.3) is 0 Å². The van der Waals surface area contributed by atoms with Crippen LogP contribution in [-0.2, 0) is 6.42 Å². The van der Waals surface area contributed by atoms with Crippen molar-refractivity contribution in [2.24, 2.45) is 0 Å². The molecule has 0 spiro atoms. The van der Waals surface area contributed by atoms with E-state index in [0.717, 1.165) is 30.5 Å². The summed E-state index contributed by atoms with van der Waals surface area (Å²) < 4.78 is 0. The van der Waals surface area contributed by atoms with Gasteiger partial charge in [-0.25, -0.2) is 9.59 Å². The van der Waals surface area contributed by atoms with E-state index in [1.807, 2.05) is 0 Å². The van der Waals surface area contributed by atoms with Gasteiger partial charge in [0.2, 0.25) is 0 Å². The highest BCUT2D eigenvalue weighted by atomic mass is 16.4. The molecule has 1 aliphatic carbocycles. The molecule has 2 amide bonds. The SMILES string of the molecule is O=C(O)c1ccc2c(c1)CCN2C(=O)NC1CC=CCC1. The van der Waals surface area contributed by atoms with Gasteiger partial charge >= 0.3 is 12.0 Å². The van der Waals surface area contributed by atoms with Crippen LogP contribution in [0.4, 0.5) is 10.5 Å². The molecule has 1 aromatic rings. The standard InChI is InChI=1S/C16H18N2O3/c19-15(20)12-6-7-14-11(10-12)8-9-18(14)16(21)17-13-4-2-1-3-5-13/h1-2,6-7,10,13H,3-5,8-9H2,(H,17,21)(H,19,20). The van der Waals surface area contributed by atoms with Crippen molar-refractivity contribution >= 4 is 17.7 Å². The number of anilines is 1. The number of allylic oxidation sites excluding steroid dienone is 1. The Hall–Kier alpha value is -2.30. The molecule has 3 rings (SSSR count). The zero-order chi connectivity index (χ0) is 14.8. The third kappa shape index (κ3) is 2.77. The van der Waals surface area contributed by atoms with E-state index < -0.39 is 5.97 Å². The van der Waals surface area contributed by atoms with E-state index >= 15 is 0 Å². The molecule has 21 heavy (non-hydrogen) atoms. The molecule has 0 aromatic heterocycles. The lowest BCUT2D eigenvalue weighted by atomic mass is 10.0. The number of amides is 2. The highest BCUT2D eigenvalue weighted by Gasteiger charge is 2.26. The van der Waals surface area contributed by atoms with Crippen LogP contribution in [-0.4, -0.2) is 29.7 Å². The van der Waals surface area contributed by atoms with Gasteiger partial charge in [-0.2, -0.15) is 0 Å². The Balaban J connectivity index is 1.73. The fraction of sp³-hybridized carbons (Fsp3) is 0.375. The van der Waals surface area contributed by atoms with Gasteiger partial charge in [-0.3, -0.25) is 4.90 Å². The van der Waals surface area contributed by atoms with Crippen LogP contribution in [0.5, 0.6) is 0 Å². The topological polar surface area (TPSA) is 69.6 Å². The van der Waals surface area contributed by atoms with Gasteiger partial charge in [0, 0.05) is 18.3 Å². The summed E-state index contributed by atoms with van der Waals surface area (Å²) >= 11 is 0. The number of nitrogens with one attached hydrogen (secondary N) is 1. The van der Waals surface area contributed by atoms with Gasteiger partial charge in [0.25, 0.3) is 0 Å². The fourth-order valence-corrected chi connectivity index (χ4v) is 2.92. The second-order valence-electron chi connectivity index (χ2n) is 5.48. The number of fused-ring (bicyclic) bond motifs is 1. The maximum Gasteiger partial charge on any atom is 0.335 e. The molecule has 1 atom stereocenters. The number of aromatic carboxylic acids is 1. The predicted octanol–water partition coefficient (Wildman–Crippen LogP) is 2.57. The molecule has 0 saturated heterocycles. The summed E-state index contributed by atoms with van der Waals surface area (Å²) in [5.74, 6) is -0.935. The van der Waals surface area contributed by atoms with Crippen molar-refractivity contribution in [2.45, 2.75) is 31.7 Å². The lowest BCUT2D eigenvalue weighted by Gasteiger charge is -2.24. The number of benzene rings is 1. The zero-order valence-electron chi connectivity index (χ0n) is 11.7. The highest BCUT2D eigenvalue weighted by Crippen LogP contribution is 2.29. The molecule has 0 radical (unpaired) electrons. The average molecular weight is 286 g/mol. The van der Waals surface area contributed by atoms with Crippen LogP contribution in [0.2, 0.25) is 0 Å². The number of carboxylic acid groups (broad SMARTS) is 1. The summed E-state index contributed by atoms with van der Waals surface area (Å²) in [7, 11) is 0. The second-order valence-corrected chi connectivity index (χ2v) is 5.48. The number of carbonyl (C=O) groups excluding carboxylic acids is 1. The van der Waals surface area contributed by atoms with Crippen molar-refractivity contribution in [2.75, 3.05) is 11.4 Å². The second kappa shape index (κ2) is 5.60. The molecule has 0 saturated carbocycles. The number of urea groups is 1. The lowest BCUT2D eigenvalue weighted by Crippen LogP contribution is -2.44. The lowest BCUT2D eigenvalue weighted by molar-refractivity contribution is 0.0697. The Labute approximate surface area is 123 Å². The average Bonchev–Trinajstić information content (AvgIpc) is 2.91. The molecule has 2 N–H and O–H groups in total. The molecule has 1 heterocycles. The van der Waals surface area contributed by atoms with Crippen LogP contribution in [0.3, 0.4) is 0 Å². The third-order valence-corrected chi connectivity index (χ3v) is 4.06. The van der Waals surface area contributed by atoms with Crippen LogP contribution in [0.15, 0.2) is 30.4 Å². The molecular formula is C16H18N2O3. The summed E-state index contributed by atoms with van der Waals surface area (Å²) in [5.41, 5.74) is 2.02. The molecule has 0 bridgehead atoms. The first-order chi connectivity index (χ1) is 10.1. The van der Waals surface area contributed by atoms with Gasteiger partial charge in [0.05, 0.1) is 5.56 Å². The van der Waals surface area contributed by atoms with Gasteiger partial charge in [0.15, 0.2) is 0 Å². The van der Waals surface area contributed by atoms with Crippen molar-refractivity contribution in [3.8, 4) is 0 Å². The molecular weight excluding hydrogens is 268 g/mol. The largest absolute Gasteiger partial charge is 0.478 e. The molecule has 5 nitrogen and oxygen atoms in total. The number of carbonyl (C=O) groups is 2. The Morgan fingerprint density at radius 1 is 1.29 bits per heavy atom. The van der Waals surface area contributed by atoms with Crippen molar-refractivity contribution in [1.82, 2.24) is 5.32 Å². The Bertz CT molecular complexity index is 610. The summed E-state index contributed by atoms with van der Waals surface area (Å²) in [6.45, 7) is 0.604. The maximum absolute atomic E-state index is 12.4. The van der Waals surface area contributed by atoms with E-state index in [0.29, 0.717) is 13.0 Å². The van der Waals surface area contributed by atoms with Crippen molar-refractivity contribution in [1.29, 1.82) is 0 Å². The first-order valence-electron chi connectivity index (χ1n) is 7.24. The minimum atomic E-state index is -0.935. The van der Waals surface area contributed by atoms with Crippen LogP contribution >= 0.6 is 0 Å².